The average Bonchev–Trinajstić information content (AvgIpc) is 3.06. The number of likely N-dealkylation sites (tertiary alicyclic amines) is 1. The van der Waals surface area contributed by atoms with Crippen LogP contribution in [0.15, 0.2) is 30.3 Å². The Morgan fingerprint density at radius 3 is 2.79 bits per heavy atom. The van der Waals surface area contributed by atoms with Crippen molar-refractivity contribution in [1.82, 2.24) is 15.1 Å². The molecule has 1 aliphatic rings. The van der Waals surface area contributed by atoms with Crippen LogP contribution < -0.4 is 10.1 Å². The average molecular weight is 405 g/mol. The molecule has 0 aliphatic carbocycles. The van der Waals surface area contributed by atoms with E-state index in [4.69, 9.17) is 4.74 Å². The summed E-state index contributed by atoms with van der Waals surface area (Å²) in [6, 6.07) is 9.52. The first kappa shape index (κ1) is 20.7. The van der Waals surface area contributed by atoms with E-state index < -0.39 is 5.60 Å². The minimum atomic E-state index is -0.869. The molecule has 8 heteroatoms. The van der Waals surface area contributed by atoms with Gasteiger partial charge in [-0.3, -0.25) is 15.0 Å². The van der Waals surface area contributed by atoms with E-state index in [1.165, 1.54) is 11.3 Å². The van der Waals surface area contributed by atoms with Crippen LogP contribution in [0.25, 0.3) is 0 Å². The number of aliphatic hydroxyl groups is 1. The normalized spacial score (nSPS) is 20.7. The predicted octanol–water partition coefficient (Wildman–Crippen LogP) is 2.90. The molecule has 1 aromatic heterocycles. The Morgan fingerprint density at radius 2 is 2.07 bits per heavy atom. The fourth-order valence-corrected chi connectivity index (χ4v) is 3.91. The third-order valence-corrected chi connectivity index (χ3v) is 5.95. The molecule has 7 nitrogen and oxygen atoms in total. The minimum Gasteiger partial charge on any atom is -0.491 e. The molecule has 0 bridgehead atoms. The first-order valence-electron chi connectivity index (χ1n) is 9.69. The van der Waals surface area contributed by atoms with Crippen molar-refractivity contribution in [1.29, 1.82) is 0 Å². The SMILES string of the molecule is CC(C)c1nnc(NC(=O)CN2CCCC(O)(COc3ccccc3)CC2)s1. The molecule has 0 saturated carbocycles. The van der Waals surface area contributed by atoms with Gasteiger partial charge in [0.2, 0.25) is 11.0 Å². The Hall–Kier alpha value is -2.03. The Labute approximate surface area is 169 Å². The highest BCUT2D eigenvalue weighted by Gasteiger charge is 2.31. The second-order valence-corrected chi connectivity index (χ2v) is 8.61. The van der Waals surface area contributed by atoms with E-state index in [-0.39, 0.29) is 19.1 Å². The highest BCUT2D eigenvalue weighted by atomic mass is 32.1. The quantitative estimate of drug-likeness (QED) is 0.738. The van der Waals surface area contributed by atoms with Gasteiger partial charge in [-0.2, -0.15) is 0 Å². The van der Waals surface area contributed by atoms with Crippen LogP contribution in [0.4, 0.5) is 5.13 Å². The van der Waals surface area contributed by atoms with Gasteiger partial charge in [-0.05, 0) is 37.9 Å². The van der Waals surface area contributed by atoms with Crippen molar-refractivity contribution in [2.75, 3.05) is 31.6 Å². The summed E-state index contributed by atoms with van der Waals surface area (Å²) in [6.07, 6.45) is 2.05. The summed E-state index contributed by atoms with van der Waals surface area (Å²) in [4.78, 5) is 14.4. The highest BCUT2D eigenvalue weighted by Crippen LogP contribution is 2.25. The van der Waals surface area contributed by atoms with Crippen LogP contribution in [-0.4, -0.2) is 58.0 Å². The van der Waals surface area contributed by atoms with Crippen molar-refractivity contribution in [2.24, 2.45) is 0 Å². The molecule has 3 rings (SSSR count). The molecule has 0 radical (unpaired) electrons. The zero-order valence-corrected chi connectivity index (χ0v) is 17.2. The van der Waals surface area contributed by atoms with E-state index in [9.17, 15) is 9.90 Å². The molecule has 28 heavy (non-hydrogen) atoms. The number of carbonyl (C=O) groups excluding carboxylic acids is 1. The molecule has 2 aromatic rings. The first-order chi connectivity index (χ1) is 13.4. The van der Waals surface area contributed by atoms with Crippen LogP contribution in [0.5, 0.6) is 5.75 Å². The number of ether oxygens (including phenoxy) is 1. The lowest BCUT2D eigenvalue weighted by molar-refractivity contribution is -0.117. The Morgan fingerprint density at radius 1 is 1.29 bits per heavy atom. The van der Waals surface area contributed by atoms with Crippen molar-refractivity contribution in [3.05, 3.63) is 35.3 Å². The third-order valence-electron chi connectivity index (χ3n) is 4.81. The smallest absolute Gasteiger partial charge is 0.240 e. The lowest BCUT2D eigenvalue weighted by atomic mass is 9.96. The predicted molar refractivity (Wildman–Crippen MR) is 110 cm³/mol. The van der Waals surface area contributed by atoms with Crippen LogP contribution >= 0.6 is 11.3 Å². The minimum absolute atomic E-state index is 0.0996. The van der Waals surface area contributed by atoms with E-state index in [0.29, 0.717) is 30.4 Å². The molecule has 152 valence electrons. The number of carbonyl (C=O) groups is 1. The van der Waals surface area contributed by atoms with Gasteiger partial charge in [0.1, 0.15) is 17.4 Å². The van der Waals surface area contributed by atoms with Gasteiger partial charge in [-0.15, -0.1) is 10.2 Å². The van der Waals surface area contributed by atoms with Crippen molar-refractivity contribution in [2.45, 2.75) is 44.6 Å². The van der Waals surface area contributed by atoms with E-state index in [1.807, 2.05) is 44.2 Å². The number of para-hydroxylation sites is 1. The molecule has 1 fully saturated rings. The van der Waals surface area contributed by atoms with Gasteiger partial charge < -0.3 is 9.84 Å². The fourth-order valence-electron chi connectivity index (χ4n) is 3.15. The van der Waals surface area contributed by atoms with Gasteiger partial charge in [0, 0.05) is 12.5 Å². The van der Waals surface area contributed by atoms with E-state index in [0.717, 1.165) is 23.7 Å². The maximum Gasteiger partial charge on any atom is 0.240 e. The van der Waals surface area contributed by atoms with Crippen molar-refractivity contribution in [3.8, 4) is 5.75 Å². The van der Waals surface area contributed by atoms with Gasteiger partial charge in [-0.25, -0.2) is 0 Å². The van der Waals surface area contributed by atoms with E-state index >= 15 is 0 Å². The fraction of sp³-hybridized carbons (Fsp3) is 0.550. The lowest BCUT2D eigenvalue weighted by Crippen LogP contribution is -2.38. The second-order valence-electron chi connectivity index (χ2n) is 7.60. The van der Waals surface area contributed by atoms with Gasteiger partial charge in [0.25, 0.3) is 0 Å². The summed E-state index contributed by atoms with van der Waals surface area (Å²) in [5.41, 5.74) is -0.869. The highest BCUT2D eigenvalue weighted by molar-refractivity contribution is 7.15. The molecule has 1 amide bonds. The van der Waals surface area contributed by atoms with Gasteiger partial charge in [0.05, 0.1) is 12.1 Å². The number of anilines is 1. The zero-order chi connectivity index (χ0) is 20.0. The Balaban J connectivity index is 1.46. The molecule has 1 aromatic carbocycles. The number of amides is 1. The molecule has 2 N–H and O–H groups in total. The first-order valence-corrected chi connectivity index (χ1v) is 10.5. The van der Waals surface area contributed by atoms with Gasteiger partial charge in [-0.1, -0.05) is 43.4 Å². The van der Waals surface area contributed by atoms with Crippen LogP contribution in [-0.2, 0) is 4.79 Å². The number of nitrogens with zero attached hydrogens (tertiary/aromatic N) is 3. The largest absolute Gasteiger partial charge is 0.491 e. The van der Waals surface area contributed by atoms with Crippen molar-refractivity contribution in [3.63, 3.8) is 0 Å². The molecule has 1 atom stereocenters. The maximum atomic E-state index is 12.3. The topological polar surface area (TPSA) is 87.6 Å². The van der Waals surface area contributed by atoms with Crippen molar-refractivity contribution < 1.29 is 14.6 Å². The van der Waals surface area contributed by atoms with Gasteiger partial charge in [0.15, 0.2) is 0 Å². The zero-order valence-electron chi connectivity index (χ0n) is 16.4. The molecule has 1 unspecified atom stereocenters. The summed E-state index contributed by atoms with van der Waals surface area (Å²) in [6.45, 7) is 6.06. The number of nitrogens with one attached hydrogen (secondary N) is 1. The van der Waals surface area contributed by atoms with E-state index in [2.05, 4.69) is 20.4 Å². The Kier molecular flexibility index (Phi) is 6.98. The third kappa shape index (κ3) is 5.98. The molecule has 2 heterocycles. The van der Waals surface area contributed by atoms with Gasteiger partial charge >= 0.3 is 0 Å². The number of aromatic nitrogens is 2. The van der Waals surface area contributed by atoms with Crippen LogP contribution in [0, 0.1) is 0 Å². The summed E-state index contributed by atoms with van der Waals surface area (Å²) >= 11 is 1.41. The van der Waals surface area contributed by atoms with Crippen molar-refractivity contribution >= 4 is 22.4 Å². The number of rotatable bonds is 7. The number of hydrogen-bond acceptors (Lipinski definition) is 7. The standard InChI is InChI=1S/C20H28N4O3S/c1-15(2)18-22-23-19(28-18)21-17(25)13-24-11-6-9-20(26,10-12-24)14-27-16-7-4-3-5-8-16/h3-5,7-8,15,26H,6,9-14H2,1-2H3,(H,21,23,25). The molecule has 0 spiro atoms. The summed E-state index contributed by atoms with van der Waals surface area (Å²) in [7, 11) is 0. The Bertz CT molecular complexity index is 768. The summed E-state index contributed by atoms with van der Waals surface area (Å²) < 4.78 is 5.76. The van der Waals surface area contributed by atoms with E-state index in [1.54, 1.807) is 0 Å². The molecular weight excluding hydrogens is 376 g/mol. The van der Waals surface area contributed by atoms with Crippen LogP contribution in [0.1, 0.15) is 44.0 Å². The molecular formula is C20H28N4O3S. The van der Waals surface area contributed by atoms with Crippen LogP contribution in [0.2, 0.25) is 0 Å². The summed E-state index contributed by atoms with van der Waals surface area (Å²) in [5.74, 6) is 0.955. The number of hydrogen-bond donors (Lipinski definition) is 2. The second kappa shape index (κ2) is 9.45. The maximum absolute atomic E-state index is 12.3. The van der Waals surface area contributed by atoms with Crippen LogP contribution in [0.3, 0.4) is 0 Å². The molecule has 1 aliphatic heterocycles. The molecule has 1 saturated heterocycles. The lowest BCUT2D eigenvalue weighted by Gasteiger charge is -2.26. The summed E-state index contributed by atoms with van der Waals surface area (Å²) in [5, 5.41) is 23.3. The number of benzene rings is 1. The monoisotopic (exact) mass is 404 g/mol.